The van der Waals surface area contributed by atoms with Gasteiger partial charge in [-0.3, -0.25) is 0 Å². The first-order valence-corrected chi connectivity index (χ1v) is 10.5. The zero-order valence-electron chi connectivity index (χ0n) is 12.7. The van der Waals surface area contributed by atoms with Crippen LogP contribution in [-0.2, 0) is 16.3 Å². The molecule has 1 aliphatic heterocycles. The fourth-order valence-corrected chi connectivity index (χ4v) is 5.97. The van der Waals surface area contributed by atoms with Crippen molar-refractivity contribution in [1.82, 2.24) is 10.2 Å². The van der Waals surface area contributed by atoms with Gasteiger partial charge in [-0.15, -0.1) is 11.3 Å². The lowest BCUT2D eigenvalue weighted by molar-refractivity contribution is 0.190. The molecule has 1 aromatic heterocycles. The summed E-state index contributed by atoms with van der Waals surface area (Å²) in [5.74, 6) is 0.231. The fraction of sp³-hybridized carbons (Fsp3) is 0.667. The van der Waals surface area contributed by atoms with Crippen LogP contribution in [0.3, 0.4) is 0 Å². The van der Waals surface area contributed by atoms with Crippen molar-refractivity contribution in [2.75, 3.05) is 24.6 Å². The fourth-order valence-electron chi connectivity index (χ4n) is 3.35. The number of fused-ring (bicyclic) bond motifs is 1. The van der Waals surface area contributed by atoms with Crippen molar-refractivity contribution >= 4 is 27.2 Å². The molecule has 1 saturated heterocycles. The van der Waals surface area contributed by atoms with Crippen molar-refractivity contribution in [2.24, 2.45) is 5.92 Å². The largest absolute Gasteiger partial charge is 0.331 e. The molecule has 7 heteroatoms. The number of thiophene rings is 1. The van der Waals surface area contributed by atoms with E-state index in [0.29, 0.717) is 13.1 Å². The van der Waals surface area contributed by atoms with Crippen molar-refractivity contribution in [2.45, 2.75) is 32.2 Å². The summed E-state index contributed by atoms with van der Waals surface area (Å²) in [6, 6.07) is 2.03. The number of amides is 2. The highest BCUT2D eigenvalue weighted by molar-refractivity contribution is 7.91. The molecule has 0 saturated carbocycles. The molecule has 2 atom stereocenters. The monoisotopic (exact) mass is 342 g/mol. The first-order chi connectivity index (χ1) is 10.4. The molecule has 2 heterocycles. The van der Waals surface area contributed by atoms with Gasteiger partial charge in [0.05, 0.1) is 17.5 Å². The lowest BCUT2D eigenvalue weighted by atomic mass is 9.94. The Morgan fingerprint density at radius 1 is 1.45 bits per heavy atom. The molecule has 0 unspecified atom stereocenters. The number of hydrogen-bond acceptors (Lipinski definition) is 4. The lowest BCUT2D eigenvalue weighted by Gasteiger charge is -2.28. The van der Waals surface area contributed by atoms with Gasteiger partial charge in [-0.25, -0.2) is 13.2 Å². The van der Waals surface area contributed by atoms with Gasteiger partial charge in [0.25, 0.3) is 0 Å². The van der Waals surface area contributed by atoms with Crippen LogP contribution in [0, 0.1) is 5.92 Å². The van der Waals surface area contributed by atoms with E-state index in [0.717, 1.165) is 19.3 Å². The second kappa shape index (κ2) is 6.20. The average Bonchev–Trinajstić information content (AvgIpc) is 2.86. The highest BCUT2D eigenvalue weighted by atomic mass is 32.2. The molecule has 122 valence electrons. The molecule has 0 spiro atoms. The summed E-state index contributed by atoms with van der Waals surface area (Å²) in [5, 5.41) is 5.18. The minimum absolute atomic E-state index is 0.0127. The Morgan fingerprint density at radius 3 is 3.09 bits per heavy atom. The van der Waals surface area contributed by atoms with E-state index >= 15 is 0 Å². The van der Waals surface area contributed by atoms with E-state index in [9.17, 15) is 13.2 Å². The number of urea groups is 1. The Kier molecular flexibility index (Phi) is 4.45. The third-order valence-corrected chi connectivity index (χ3v) is 7.26. The maximum absolute atomic E-state index is 12.5. The van der Waals surface area contributed by atoms with Crippen molar-refractivity contribution < 1.29 is 13.2 Å². The molecular weight excluding hydrogens is 320 g/mol. The Morgan fingerprint density at radius 2 is 2.27 bits per heavy atom. The van der Waals surface area contributed by atoms with Crippen LogP contribution >= 0.6 is 11.3 Å². The van der Waals surface area contributed by atoms with E-state index in [-0.39, 0.29) is 29.5 Å². The molecule has 2 amide bonds. The van der Waals surface area contributed by atoms with Gasteiger partial charge in [-0.1, -0.05) is 6.92 Å². The van der Waals surface area contributed by atoms with E-state index < -0.39 is 9.84 Å². The van der Waals surface area contributed by atoms with Gasteiger partial charge >= 0.3 is 6.03 Å². The predicted molar refractivity (Wildman–Crippen MR) is 87.9 cm³/mol. The SMILES string of the molecule is C[C@H]1CN(C(=O)N[C@H]2CCCc3sccc32)CCS(=O)(=O)C1. The molecule has 1 aromatic rings. The number of nitrogens with one attached hydrogen (secondary N) is 1. The van der Waals surface area contributed by atoms with Crippen molar-refractivity contribution in [3.63, 3.8) is 0 Å². The minimum atomic E-state index is -3.03. The summed E-state index contributed by atoms with van der Waals surface area (Å²) in [6.07, 6.45) is 3.14. The van der Waals surface area contributed by atoms with E-state index in [2.05, 4.69) is 16.8 Å². The highest BCUT2D eigenvalue weighted by Crippen LogP contribution is 2.33. The lowest BCUT2D eigenvalue weighted by Crippen LogP contribution is -2.44. The number of carbonyl (C=O) groups excluding carboxylic acids is 1. The van der Waals surface area contributed by atoms with Gasteiger partial charge < -0.3 is 10.2 Å². The normalized spacial score (nSPS) is 27.8. The van der Waals surface area contributed by atoms with Crippen LogP contribution in [0.15, 0.2) is 11.4 Å². The molecule has 5 nitrogen and oxygen atoms in total. The van der Waals surface area contributed by atoms with Crippen molar-refractivity contribution in [3.8, 4) is 0 Å². The number of sulfone groups is 1. The molecule has 0 aromatic carbocycles. The van der Waals surface area contributed by atoms with E-state index in [1.807, 2.05) is 6.92 Å². The van der Waals surface area contributed by atoms with Gasteiger partial charge in [0.1, 0.15) is 0 Å². The van der Waals surface area contributed by atoms with Crippen molar-refractivity contribution in [1.29, 1.82) is 0 Å². The summed E-state index contributed by atoms with van der Waals surface area (Å²) in [5.41, 5.74) is 1.24. The molecular formula is C15H22N2O3S2. The third-order valence-electron chi connectivity index (χ3n) is 4.38. The maximum Gasteiger partial charge on any atom is 0.317 e. The summed E-state index contributed by atoms with van der Waals surface area (Å²) < 4.78 is 23.6. The Hall–Kier alpha value is -1.08. The van der Waals surface area contributed by atoms with Crippen LogP contribution in [0.4, 0.5) is 4.79 Å². The average molecular weight is 342 g/mol. The zero-order chi connectivity index (χ0) is 15.7. The van der Waals surface area contributed by atoms with Crippen LogP contribution < -0.4 is 5.32 Å². The third kappa shape index (κ3) is 3.46. The van der Waals surface area contributed by atoms with Gasteiger partial charge in [0, 0.05) is 18.0 Å². The van der Waals surface area contributed by atoms with E-state index in [1.54, 1.807) is 16.2 Å². The zero-order valence-corrected chi connectivity index (χ0v) is 14.4. The Bertz CT molecular complexity index is 653. The number of nitrogens with zero attached hydrogens (tertiary/aromatic N) is 1. The second-order valence-electron chi connectivity index (χ2n) is 6.36. The highest BCUT2D eigenvalue weighted by Gasteiger charge is 2.29. The van der Waals surface area contributed by atoms with Crippen LogP contribution in [0.2, 0.25) is 0 Å². The molecule has 22 heavy (non-hydrogen) atoms. The van der Waals surface area contributed by atoms with E-state index in [1.165, 1.54) is 10.4 Å². The molecule has 0 radical (unpaired) electrons. The number of aryl methyl sites for hydroxylation is 1. The molecule has 2 aliphatic rings. The second-order valence-corrected chi connectivity index (χ2v) is 9.59. The van der Waals surface area contributed by atoms with Gasteiger partial charge in [0.2, 0.25) is 0 Å². The van der Waals surface area contributed by atoms with Gasteiger partial charge in [-0.2, -0.15) is 0 Å². The standard InChI is InChI=1S/C15H22N2O3S2/c1-11-9-17(6-8-22(19,20)10-11)15(18)16-13-3-2-4-14-12(13)5-7-21-14/h5,7,11,13H,2-4,6,8-10H2,1H3,(H,16,18)/t11-,13-/m0/s1. The van der Waals surface area contributed by atoms with Crippen LogP contribution in [-0.4, -0.2) is 43.9 Å². The smallest absolute Gasteiger partial charge is 0.317 e. The molecule has 0 bridgehead atoms. The van der Waals surface area contributed by atoms with Gasteiger partial charge in [-0.05, 0) is 42.2 Å². The number of hydrogen-bond donors (Lipinski definition) is 1. The van der Waals surface area contributed by atoms with Crippen LogP contribution in [0.5, 0.6) is 0 Å². The van der Waals surface area contributed by atoms with Crippen LogP contribution in [0.25, 0.3) is 0 Å². The molecule has 1 fully saturated rings. The number of carbonyl (C=O) groups is 1. The summed E-state index contributed by atoms with van der Waals surface area (Å²) in [4.78, 5) is 15.6. The summed E-state index contributed by atoms with van der Waals surface area (Å²) >= 11 is 1.75. The maximum atomic E-state index is 12.5. The quantitative estimate of drug-likeness (QED) is 0.851. The first kappa shape index (κ1) is 15.8. The van der Waals surface area contributed by atoms with E-state index in [4.69, 9.17) is 0 Å². The summed E-state index contributed by atoms with van der Waals surface area (Å²) in [6.45, 7) is 2.69. The molecule has 1 N–H and O–H groups in total. The topological polar surface area (TPSA) is 66.5 Å². The predicted octanol–water partition coefficient (Wildman–Crippen LogP) is 2.20. The number of rotatable bonds is 1. The molecule has 1 aliphatic carbocycles. The molecule has 3 rings (SSSR count). The Labute approximate surface area is 135 Å². The Balaban J connectivity index is 1.68. The first-order valence-electron chi connectivity index (χ1n) is 7.77. The van der Waals surface area contributed by atoms with Crippen LogP contribution in [0.1, 0.15) is 36.2 Å². The van der Waals surface area contributed by atoms with Gasteiger partial charge in [0.15, 0.2) is 9.84 Å². The minimum Gasteiger partial charge on any atom is -0.331 e. The van der Waals surface area contributed by atoms with Crippen molar-refractivity contribution in [3.05, 3.63) is 21.9 Å². The summed E-state index contributed by atoms with van der Waals surface area (Å²) in [7, 11) is -3.03.